The Bertz CT molecular complexity index is 761. The van der Waals surface area contributed by atoms with Gasteiger partial charge in [-0.15, -0.1) is 0 Å². The molecule has 0 aromatic heterocycles. The smallest absolute Gasteiger partial charge is 0.320 e. The van der Waals surface area contributed by atoms with E-state index in [1.54, 1.807) is 0 Å². The molecule has 170 valence electrons. The van der Waals surface area contributed by atoms with Crippen LogP contribution in [-0.2, 0) is 5.54 Å². The summed E-state index contributed by atoms with van der Waals surface area (Å²) in [4.78, 5) is 20.6. The number of amides is 2. The second-order valence-corrected chi connectivity index (χ2v) is 10.9. The maximum absolute atomic E-state index is 13.6. The first-order chi connectivity index (χ1) is 15.0. The van der Waals surface area contributed by atoms with Crippen LogP contribution < -0.4 is 5.32 Å². The van der Waals surface area contributed by atoms with Crippen LogP contribution >= 0.6 is 0 Å². The highest BCUT2D eigenvalue weighted by Gasteiger charge is 2.55. The number of hydrogen-bond acceptors (Lipinski definition) is 3. The first-order valence-electron chi connectivity index (χ1n) is 12.5. The van der Waals surface area contributed by atoms with E-state index in [0.717, 1.165) is 64.3 Å². The number of carbonyl (C=O) groups excluding carboxylic acids is 1. The molecular weight excluding hydrogens is 384 g/mol. The fourth-order valence-electron chi connectivity index (χ4n) is 6.53. The molecule has 1 spiro atoms. The summed E-state index contributed by atoms with van der Waals surface area (Å²) in [6.07, 6.45) is 9.50. The summed E-state index contributed by atoms with van der Waals surface area (Å²) in [5, 5.41) is 3.47. The summed E-state index contributed by atoms with van der Waals surface area (Å²) >= 11 is 0. The molecule has 5 heteroatoms. The zero-order valence-electron chi connectivity index (χ0n) is 19.5. The SMILES string of the molecule is CN(C)[C@]1(c2ccccc2)CC[C@]2(CC1)CN(CC1CCNCC1)C(=O)N2CC1CC1. The highest BCUT2D eigenvalue weighted by molar-refractivity contribution is 5.78. The Labute approximate surface area is 188 Å². The first kappa shape index (κ1) is 21.3. The van der Waals surface area contributed by atoms with Gasteiger partial charge < -0.3 is 15.1 Å². The second kappa shape index (κ2) is 8.40. The maximum atomic E-state index is 13.6. The van der Waals surface area contributed by atoms with Crippen molar-refractivity contribution in [2.75, 3.05) is 46.8 Å². The number of benzene rings is 1. The van der Waals surface area contributed by atoms with Crippen LogP contribution in [0.4, 0.5) is 4.79 Å². The molecule has 2 amide bonds. The normalized spacial score (nSPS) is 32.4. The van der Waals surface area contributed by atoms with E-state index in [1.807, 2.05) is 0 Å². The van der Waals surface area contributed by atoms with Crippen molar-refractivity contribution in [2.45, 2.75) is 62.4 Å². The molecule has 1 aromatic carbocycles. The van der Waals surface area contributed by atoms with Crippen LogP contribution in [0.25, 0.3) is 0 Å². The van der Waals surface area contributed by atoms with Crippen LogP contribution in [0, 0.1) is 11.8 Å². The van der Waals surface area contributed by atoms with Crippen molar-refractivity contribution >= 4 is 6.03 Å². The molecule has 2 aliphatic carbocycles. The van der Waals surface area contributed by atoms with E-state index in [1.165, 1.54) is 31.2 Å². The average molecular weight is 425 g/mol. The predicted octanol–water partition coefficient (Wildman–Crippen LogP) is 3.90. The maximum Gasteiger partial charge on any atom is 0.320 e. The lowest BCUT2D eigenvalue weighted by atomic mass is 9.68. The molecule has 2 aliphatic heterocycles. The Kier molecular flexibility index (Phi) is 5.76. The minimum atomic E-state index is 0.0425. The van der Waals surface area contributed by atoms with Crippen molar-refractivity contribution in [3.05, 3.63) is 35.9 Å². The van der Waals surface area contributed by atoms with E-state index >= 15 is 0 Å². The van der Waals surface area contributed by atoms with Gasteiger partial charge in [0, 0.05) is 25.2 Å². The minimum Gasteiger partial charge on any atom is -0.322 e. The third-order valence-electron chi connectivity index (χ3n) is 8.81. The van der Waals surface area contributed by atoms with Gasteiger partial charge in [-0.25, -0.2) is 4.79 Å². The molecule has 1 N–H and O–H groups in total. The quantitative estimate of drug-likeness (QED) is 0.753. The lowest BCUT2D eigenvalue weighted by molar-refractivity contribution is 0.0231. The van der Waals surface area contributed by atoms with Gasteiger partial charge in [0.25, 0.3) is 0 Å². The van der Waals surface area contributed by atoms with E-state index in [-0.39, 0.29) is 11.1 Å². The number of urea groups is 1. The van der Waals surface area contributed by atoms with Crippen LogP contribution in [0.2, 0.25) is 0 Å². The lowest BCUT2D eigenvalue weighted by Crippen LogP contribution is -2.55. The molecule has 5 nitrogen and oxygen atoms in total. The number of rotatable bonds is 6. The summed E-state index contributed by atoms with van der Waals surface area (Å²) in [6.45, 7) is 5.10. The molecule has 2 saturated carbocycles. The molecule has 0 bridgehead atoms. The number of nitrogens with zero attached hydrogens (tertiary/aromatic N) is 3. The Hall–Kier alpha value is -1.59. The van der Waals surface area contributed by atoms with E-state index in [2.05, 4.69) is 64.4 Å². The van der Waals surface area contributed by atoms with Crippen molar-refractivity contribution in [1.29, 1.82) is 0 Å². The third-order valence-corrected chi connectivity index (χ3v) is 8.81. The first-order valence-corrected chi connectivity index (χ1v) is 12.5. The molecule has 2 heterocycles. The molecular formula is C26H40N4O. The fourth-order valence-corrected chi connectivity index (χ4v) is 6.53. The van der Waals surface area contributed by atoms with Gasteiger partial charge in [0.2, 0.25) is 0 Å². The number of nitrogens with one attached hydrogen (secondary N) is 1. The van der Waals surface area contributed by atoms with Crippen LogP contribution in [0.15, 0.2) is 30.3 Å². The van der Waals surface area contributed by atoms with Crippen LogP contribution in [0.3, 0.4) is 0 Å². The lowest BCUT2D eigenvalue weighted by Gasteiger charge is -2.51. The number of piperidine rings is 1. The number of hydrogen-bond donors (Lipinski definition) is 1. The molecule has 2 saturated heterocycles. The summed E-state index contributed by atoms with van der Waals surface area (Å²) in [5.41, 5.74) is 1.56. The average Bonchev–Trinajstić information content (AvgIpc) is 3.59. The molecule has 31 heavy (non-hydrogen) atoms. The molecule has 0 atom stereocenters. The second-order valence-electron chi connectivity index (χ2n) is 10.9. The Morgan fingerprint density at radius 1 is 0.935 bits per heavy atom. The Morgan fingerprint density at radius 2 is 1.58 bits per heavy atom. The van der Waals surface area contributed by atoms with Gasteiger partial charge >= 0.3 is 6.03 Å². The predicted molar refractivity (Wildman–Crippen MR) is 125 cm³/mol. The zero-order chi connectivity index (χ0) is 21.5. The van der Waals surface area contributed by atoms with Crippen molar-refractivity contribution in [2.24, 2.45) is 11.8 Å². The highest BCUT2D eigenvalue weighted by Crippen LogP contribution is 2.50. The monoisotopic (exact) mass is 424 g/mol. The summed E-state index contributed by atoms with van der Waals surface area (Å²) in [5.74, 6) is 1.41. The van der Waals surface area contributed by atoms with Crippen molar-refractivity contribution in [3.8, 4) is 0 Å². The Morgan fingerprint density at radius 3 is 2.19 bits per heavy atom. The van der Waals surface area contributed by atoms with E-state index in [0.29, 0.717) is 11.9 Å². The fraction of sp³-hybridized carbons (Fsp3) is 0.731. The Balaban J connectivity index is 1.36. The topological polar surface area (TPSA) is 38.8 Å². The van der Waals surface area contributed by atoms with Gasteiger partial charge in [-0.05, 0) is 96.0 Å². The van der Waals surface area contributed by atoms with Crippen LogP contribution in [0.1, 0.15) is 56.9 Å². The third kappa shape index (κ3) is 4.00. The molecule has 0 unspecified atom stereocenters. The van der Waals surface area contributed by atoms with Gasteiger partial charge in [-0.3, -0.25) is 4.90 Å². The van der Waals surface area contributed by atoms with Crippen molar-refractivity contribution < 1.29 is 4.79 Å². The molecule has 5 rings (SSSR count). The van der Waals surface area contributed by atoms with Gasteiger partial charge in [-0.2, -0.15) is 0 Å². The molecule has 4 aliphatic rings. The van der Waals surface area contributed by atoms with Crippen molar-refractivity contribution in [3.63, 3.8) is 0 Å². The van der Waals surface area contributed by atoms with Gasteiger partial charge in [-0.1, -0.05) is 30.3 Å². The largest absolute Gasteiger partial charge is 0.322 e. The van der Waals surface area contributed by atoms with Gasteiger partial charge in [0.05, 0.1) is 5.54 Å². The molecule has 1 aromatic rings. The van der Waals surface area contributed by atoms with Crippen LogP contribution in [-0.4, -0.2) is 73.1 Å². The van der Waals surface area contributed by atoms with Crippen LogP contribution in [0.5, 0.6) is 0 Å². The van der Waals surface area contributed by atoms with E-state index in [4.69, 9.17) is 0 Å². The zero-order valence-corrected chi connectivity index (χ0v) is 19.5. The van der Waals surface area contributed by atoms with Gasteiger partial charge in [0.15, 0.2) is 0 Å². The summed E-state index contributed by atoms with van der Waals surface area (Å²) in [6, 6.07) is 11.4. The van der Waals surface area contributed by atoms with E-state index in [9.17, 15) is 4.79 Å². The summed E-state index contributed by atoms with van der Waals surface area (Å²) in [7, 11) is 4.46. The standard InChI is InChI=1S/C26H40N4O/c1-28(2)26(23-6-4-3-5-7-23)14-12-25(13-15-26)20-29(18-22-10-16-27-17-11-22)24(31)30(25)19-21-8-9-21/h3-7,21-22,27H,8-20H2,1-2H3/t25-,26+. The minimum absolute atomic E-state index is 0.0425. The summed E-state index contributed by atoms with van der Waals surface area (Å²) < 4.78 is 0. The van der Waals surface area contributed by atoms with Gasteiger partial charge in [0.1, 0.15) is 0 Å². The molecule has 4 fully saturated rings. The number of carbonyl (C=O) groups is 1. The van der Waals surface area contributed by atoms with Crippen molar-refractivity contribution in [1.82, 2.24) is 20.0 Å². The highest BCUT2D eigenvalue weighted by atomic mass is 16.2. The van der Waals surface area contributed by atoms with E-state index < -0.39 is 0 Å². The molecule has 0 radical (unpaired) electrons.